The van der Waals surface area contributed by atoms with Gasteiger partial charge in [0.1, 0.15) is 11.6 Å². The molecule has 5 nitrogen and oxygen atoms in total. The standard InChI is InChI=1S/C14H14ClF2N3O2/c1-8-6-18-9(2)19-13(8)20(15)7-10-3-4-11(21)12(5-10)22-14(16)17/h3-6,14,21H,7H2,1-2H3. The van der Waals surface area contributed by atoms with E-state index in [9.17, 15) is 13.9 Å². The van der Waals surface area contributed by atoms with Crippen LogP contribution in [0, 0.1) is 13.8 Å². The second-order valence-corrected chi connectivity index (χ2v) is 5.03. The number of anilines is 1. The highest BCUT2D eigenvalue weighted by molar-refractivity contribution is 6.25. The molecule has 0 aliphatic heterocycles. The second-order valence-electron chi connectivity index (χ2n) is 4.62. The van der Waals surface area contributed by atoms with Crippen LogP contribution in [-0.4, -0.2) is 21.7 Å². The zero-order valence-electron chi connectivity index (χ0n) is 11.9. The summed E-state index contributed by atoms with van der Waals surface area (Å²) in [6.07, 6.45) is 1.65. The summed E-state index contributed by atoms with van der Waals surface area (Å²) in [6.45, 7) is 0.730. The number of aryl methyl sites for hydroxylation is 2. The van der Waals surface area contributed by atoms with Crippen LogP contribution < -0.4 is 9.16 Å². The Bertz CT molecular complexity index is 671. The van der Waals surface area contributed by atoms with Crippen LogP contribution >= 0.6 is 11.8 Å². The third kappa shape index (κ3) is 3.94. The smallest absolute Gasteiger partial charge is 0.387 e. The molecule has 0 atom stereocenters. The maximum absolute atomic E-state index is 12.3. The lowest BCUT2D eigenvalue weighted by Gasteiger charge is -2.18. The molecule has 0 amide bonds. The molecule has 1 heterocycles. The molecular formula is C14H14ClF2N3O2. The molecule has 0 saturated carbocycles. The summed E-state index contributed by atoms with van der Waals surface area (Å²) >= 11 is 6.21. The van der Waals surface area contributed by atoms with Gasteiger partial charge in [-0.2, -0.15) is 8.78 Å². The summed E-state index contributed by atoms with van der Waals surface area (Å²) in [5.41, 5.74) is 1.36. The molecule has 1 N–H and O–H groups in total. The highest BCUT2D eigenvalue weighted by atomic mass is 35.5. The Balaban J connectivity index is 2.21. The van der Waals surface area contributed by atoms with Crippen LogP contribution in [0.25, 0.3) is 0 Å². The molecule has 0 radical (unpaired) electrons. The van der Waals surface area contributed by atoms with Crippen LogP contribution in [-0.2, 0) is 6.54 Å². The molecule has 2 aromatic rings. The third-order valence-corrected chi connectivity index (χ3v) is 3.14. The van der Waals surface area contributed by atoms with E-state index in [1.807, 2.05) is 6.92 Å². The van der Waals surface area contributed by atoms with Crippen molar-refractivity contribution >= 4 is 17.6 Å². The van der Waals surface area contributed by atoms with Gasteiger partial charge >= 0.3 is 6.61 Å². The van der Waals surface area contributed by atoms with Crippen molar-refractivity contribution in [2.75, 3.05) is 4.42 Å². The number of ether oxygens (including phenoxy) is 1. The molecule has 0 bridgehead atoms. The van der Waals surface area contributed by atoms with Crippen molar-refractivity contribution in [3.05, 3.63) is 41.3 Å². The number of hydrogen-bond donors (Lipinski definition) is 1. The van der Waals surface area contributed by atoms with Gasteiger partial charge < -0.3 is 9.84 Å². The van der Waals surface area contributed by atoms with Gasteiger partial charge in [0, 0.05) is 23.5 Å². The van der Waals surface area contributed by atoms with Crippen LogP contribution in [0.15, 0.2) is 24.4 Å². The quantitative estimate of drug-likeness (QED) is 0.850. The molecule has 1 aromatic carbocycles. The average molecular weight is 330 g/mol. The van der Waals surface area contributed by atoms with Gasteiger partial charge in [-0.25, -0.2) is 9.97 Å². The van der Waals surface area contributed by atoms with Gasteiger partial charge in [-0.05, 0) is 31.5 Å². The molecule has 0 unspecified atom stereocenters. The van der Waals surface area contributed by atoms with E-state index >= 15 is 0 Å². The fourth-order valence-corrected chi connectivity index (χ4v) is 2.16. The molecule has 22 heavy (non-hydrogen) atoms. The van der Waals surface area contributed by atoms with Gasteiger partial charge in [-0.15, -0.1) is 0 Å². The lowest BCUT2D eigenvalue weighted by molar-refractivity contribution is -0.0512. The number of nitrogens with zero attached hydrogens (tertiary/aromatic N) is 3. The third-order valence-electron chi connectivity index (χ3n) is 2.86. The lowest BCUT2D eigenvalue weighted by Crippen LogP contribution is -2.14. The molecule has 1 aromatic heterocycles. The van der Waals surface area contributed by atoms with E-state index < -0.39 is 6.61 Å². The highest BCUT2D eigenvalue weighted by Gasteiger charge is 2.14. The first-order valence-electron chi connectivity index (χ1n) is 6.37. The van der Waals surface area contributed by atoms with E-state index in [2.05, 4.69) is 14.7 Å². The number of halogens is 3. The van der Waals surface area contributed by atoms with Crippen molar-refractivity contribution in [2.24, 2.45) is 0 Å². The molecule has 0 spiro atoms. The van der Waals surface area contributed by atoms with E-state index in [1.54, 1.807) is 19.2 Å². The summed E-state index contributed by atoms with van der Waals surface area (Å²) in [6, 6.07) is 4.14. The van der Waals surface area contributed by atoms with Gasteiger partial charge in [-0.1, -0.05) is 6.07 Å². The molecule has 2 rings (SSSR count). The van der Waals surface area contributed by atoms with Gasteiger partial charge in [0.05, 0.1) is 6.54 Å². The van der Waals surface area contributed by atoms with E-state index in [-0.39, 0.29) is 18.0 Å². The van der Waals surface area contributed by atoms with Gasteiger partial charge in [0.2, 0.25) is 0 Å². The Morgan fingerprint density at radius 3 is 2.77 bits per heavy atom. The van der Waals surface area contributed by atoms with Crippen molar-refractivity contribution in [1.82, 2.24) is 9.97 Å². The number of hydrogen-bond acceptors (Lipinski definition) is 5. The highest BCUT2D eigenvalue weighted by Crippen LogP contribution is 2.30. The van der Waals surface area contributed by atoms with Crippen LogP contribution in [0.1, 0.15) is 17.0 Å². The predicted octanol–water partition coefficient (Wildman–Crippen LogP) is 3.56. The van der Waals surface area contributed by atoms with Crippen LogP contribution in [0.5, 0.6) is 11.5 Å². The first-order valence-corrected chi connectivity index (χ1v) is 6.71. The summed E-state index contributed by atoms with van der Waals surface area (Å²) in [5, 5.41) is 9.49. The van der Waals surface area contributed by atoms with Crippen LogP contribution in [0.2, 0.25) is 0 Å². The van der Waals surface area contributed by atoms with Crippen molar-refractivity contribution in [1.29, 1.82) is 0 Å². The zero-order chi connectivity index (χ0) is 16.3. The summed E-state index contributed by atoms with van der Waals surface area (Å²) in [4.78, 5) is 8.29. The summed E-state index contributed by atoms with van der Waals surface area (Å²) in [5.74, 6) is 0.435. The van der Waals surface area contributed by atoms with Gasteiger partial charge in [-0.3, -0.25) is 4.42 Å². The SMILES string of the molecule is Cc1ncc(C)c(N(Cl)Cc2ccc(O)c(OC(F)F)c2)n1. The summed E-state index contributed by atoms with van der Waals surface area (Å²) < 4.78 is 30.1. The Morgan fingerprint density at radius 2 is 2.09 bits per heavy atom. The number of benzene rings is 1. The van der Waals surface area contributed by atoms with Gasteiger partial charge in [0.15, 0.2) is 11.5 Å². The fourth-order valence-electron chi connectivity index (χ4n) is 1.85. The van der Waals surface area contributed by atoms with Crippen LogP contribution in [0.3, 0.4) is 0 Å². The van der Waals surface area contributed by atoms with E-state index in [4.69, 9.17) is 11.8 Å². The molecular weight excluding hydrogens is 316 g/mol. The van der Waals surface area contributed by atoms with E-state index in [1.165, 1.54) is 16.6 Å². The first-order chi connectivity index (χ1) is 10.4. The molecule has 118 valence electrons. The zero-order valence-corrected chi connectivity index (χ0v) is 12.7. The van der Waals surface area contributed by atoms with Crippen molar-refractivity contribution in [2.45, 2.75) is 27.0 Å². The lowest BCUT2D eigenvalue weighted by atomic mass is 10.2. The fraction of sp³-hybridized carbons (Fsp3) is 0.286. The van der Waals surface area contributed by atoms with E-state index in [0.29, 0.717) is 17.2 Å². The van der Waals surface area contributed by atoms with Crippen molar-refractivity contribution in [3.63, 3.8) is 0 Å². The monoisotopic (exact) mass is 329 g/mol. The number of aromatic nitrogens is 2. The minimum atomic E-state index is -3.01. The minimum absolute atomic E-state index is 0.193. The van der Waals surface area contributed by atoms with Crippen LogP contribution in [0.4, 0.5) is 14.6 Å². The number of alkyl halides is 2. The number of phenolic OH excluding ortho intramolecular Hbond substituents is 1. The minimum Gasteiger partial charge on any atom is -0.504 e. The largest absolute Gasteiger partial charge is 0.504 e. The predicted molar refractivity (Wildman–Crippen MR) is 78.3 cm³/mol. The molecule has 8 heteroatoms. The molecule has 0 aliphatic carbocycles. The van der Waals surface area contributed by atoms with Crippen molar-refractivity contribution < 1.29 is 18.6 Å². The maximum atomic E-state index is 12.3. The molecule has 0 saturated heterocycles. The molecule has 0 aliphatic rings. The number of rotatable bonds is 5. The topological polar surface area (TPSA) is 58.5 Å². The average Bonchev–Trinajstić information content (AvgIpc) is 2.44. The van der Waals surface area contributed by atoms with Gasteiger partial charge in [0.25, 0.3) is 0 Å². The molecule has 0 fully saturated rings. The Labute approximate surface area is 131 Å². The summed E-state index contributed by atoms with van der Waals surface area (Å²) in [7, 11) is 0. The Morgan fingerprint density at radius 1 is 1.36 bits per heavy atom. The second kappa shape index (κ2) is 6.74. The first kappa shape index (κ1) is 16.2. The Hall–Kier alpha value is -2.15. The number of phenols is 1. The van der Waals surface area contributed by atoms with Crippen molar-refractivity contribution in [3.8, 4) is 11.5 Å². The Kier molecular flexibility index (Phi) is 4.97. The van der Waals surface area contributed by atoms with E-state index in [0.717, 1.165) is 5.56 Å². The number of aromatic hydroxyl groups is 1. The normalized spacial score (nSPS) is 10.8. The maximum Gasteiger partial charge on any atom is 0.387 e.